The van der Waals surface area contributed by atoms with Crippen molar-refractivity contribution in [1.29, 1.82) is 0 Å². The molecule has 106 valence electrons. The Hall–Kier alpha value is -2.75. The van der Waals surface area contributed by atoms with Crippen molar-refractivity contribution in [1.82, 2.24) is 9.55 Å². The van der Waals surface area contributed by atoms with E-state index in [0.29, 0.717) is 0 Å². The Balaban J connectivity index is 1.77. The van der Waals surface area contributed by atoms with Gasteiger partial charge in [0, 0.05) is 30.7 Å². The highest BCUT2D eigenvalue weighted by Gasteiger charge is 2.03. The van der Waals surface area contributed by atoms with E-state index in [-0.39, 0.29) is 0 Å². The van der Waals surface area contributed by atoms with Crippen molar-refractivity contribution in [2.75, 3.05) is 5.32 Å². The SMILES string of the molecule is CCn1ccnc1Nc1cccc(Oc2ccccc2)c1. The van der Waals surface area contributed by atoms with Gasteiger partial charge in [0.05, 0.1) is 0 Å². The summed E-state index contributed by atoms with van der Waals surface area (Å²) in [6.45, 7) is 2.96. The Morgan fingerprint density at radius 3 is 2.67 bits per heavy atom. The molecule has 0 aliphatic rings. The fourth-order valence-corrected chi connectivity index (χ4v) is 2.08. The molecule has 0 saturated carbocycles. The third-order valence-corrected chi connectivity index (χ3v) is 3.13. The number of anilines is 2. The van der Waals surface area contributed by atoms with Gasteiger partial charge in [0.1, 0.15) is 11.5 Å². The normalized spacial score (nSPS) is 10.3. The number of nitrogens with one attached hydrogen (secondary N) is 1. The number of imidazole rings is 1. The molecule has 0 atom stereocenters. The Bertz CT molecular complexity index is 707. The fourth-order valence-electron chi connectivity index (χ4n) is 2.08. The molecule has 1 N–H and O–H groups in total. The molecule has 3 rings (SSSR count). The highest BCUT2D eigenvalue weighted by Crippen LogP contribution is 2.25. The standard InChI is InChI=1S/C17H17N3O/c1-2-20-12-11-18-17(20)19-14-7-6-10-16(13-14)21-15-8-4-3-5-9-15/h3-13H,2H2,1H3,(H,18,19). The van der Waals surface area contributed by atoms with E-state index in [1.165, 1.54) is 0 Å². The van der Waals surface area contributed by atoms with Crippen LogP contribution in [-0.2, 0) is 6.54 Å². The lowest BCUT2D eigenvalue weighted by Crippen LogP contribution is -2.01. The maximum Gasteiger partial charge on any atom is 0.207 e. The van der Waals surface area contributed by atoms with Crippen molar-refractivity contribution in [3.63, 3.8) is 0 Å². The maximum absolute atomic E-state index is 5.83. The van der Waals surface area contributed by atoms with E-state index >= 15 is 0 Å². The average Bonchev–Trinajstić information content (AvgIpc) is 2.96. The maximum atomic E-state index is 5.83. The molecule has 0 radical (unpaired) electrons. The monoisotopic (exact) mass is 279 g/mol. The van der Waals surface area contributed by atoms with E-state index in [4.69, 9.17) is 4.74 Å². The Kier molecular flexibility index (Phi) is 3.87. The number of aryl methyl sites for hydroxylation is 1. The summed E-state index contributed by atoms with van der Waals surface area (Å²) in [4.78, 5) is 4.31. The van der Waals surface area contributed by atoms with Crippen LogP contribution in [0.4, 0.5) is 11.6 Å². The Morgan fingerprint density at radius 2 is 1.86 bits per heavy atom. The van der Waals surface area contributed by atoms with Crippen LogP contribution < -0.4 is 10.1 Å². The van der Waals surface area contributed by atoms with Gasteiger partial charge in [-0.15, -0.1) is 0 Å². The second-order valence-corrected chi connectivity index (χ2v) is 4.60. The topological polar surface area (TPSA) is 39.1 Å². The van der Waals surface area contributed by atoms with Crippen LogP contribution in [0.5, 0.6) is 11.5 Å². The molecule has 1 heterocycles. The largest absolute Gasteiger partial charge is 0.457 e. The highest BCUT2D eigenvalue weighted by atomic mass is 16.5. The van der Waals surface area contributed by atoms with Crippen LogP contribution in [0, 0.1) is 0 Å². The zero-order chi connectivity index (χ0) is 14.5. The number of benzene rings is 2. The molecule has 0 aliphatic carbocycles. The number of ether oxygens (including phenoxy) is 1. The number of hydrogen-bond donors (Lipinski definition) is 1. The Morgan fingerprint density at radius 1 is 1.05 bits per heavy atom. The predicted octanol–water partition coefficient (Wildman–Crippen LogP) is 4.44. The summed E-state index contributed by atoms with van der Waals surface area (Å²) in [5.41, 5.74) is 0.948. The van der Waals surface area contributed by atoms with Crippen LogP contribution in [0.3, 0.4) is 0 Å². The molecule has 0 bridgehead atoms. The molecule has 0 aliphatic heterocycles. The van der Waals surface area contributed by atoms with Gasteiger partial charge in [-0.2, -0.15) is 0 Å². The first-order valence-electron chi connectivity index (χ1n) is 6.96. The number of para-hydroxylation sites is 1. The average molecular weight is 279 g/mol. The van der Waals surface area contributed by atoms with Crippen molar-refractivity contribution in [2.45, 2.75) is 13.5 Å². The van der Waals surface area contributed by atoms with Crippen molar-refractivity contribution < 1.29 is 4.74 Å². The summed E-state index contributed by atoms with van der Waals surface area (Å²) < 4.78 is 7.87. The van der Waals surface area contributed by atoms with Crippen LogP contribution in [0.25, 0.3) is 0 Å². The lowest BCUT2D eigenvalue weighted by Gasteiger charge is -2.10. The third-order valence-electron chi connectivity index (χ3n) is 3.13. The van der Waals surface area contributed by atoms with Crippen LogP contribution in [0.1, 0.15) is 6.92 Å². The molecule has 21 heavy (non-hydrogen) atoms. The first kappa shape index (κ1) is 13.2. The minimum absolute atomic E-state index is 0.792. The zero-order valence-electron chi connectivity index (χ0n) is 11.9. The van der Waals surface area contributed by atoms with E-state index in [1.54, 1.807) is 6.20 Å². The smallest absolute Gasteiger partial charge is 0.207 e. The lowest BCUT2D eigenvalue weighted by atomic mass is 10.3. The second kappa shape index (κ2) is 6.13. The van der Waals surface area contributed by atoms with Crippen LogP contribution in [-0.4, -0.2) is 9.55 Å². The minimum atomic E-state index is 0.792. The minimum Gasteiger partial charge on any atom is -0.457 e. The van der Waals surface area contributed by atoms with Crippen molar-refractivity contribution in [2.24, 2.45) is 0 Å². The summed E-state index contributed by atoms with van der Waals surface area (Å²) in [5.74, 6) is 2.44. The summed E-state index contributed by atoms with van der Waals surface area (Å²) in [7, 11) is 0. The molecule has 0 fully saturated rings. The zero-order valence-corrected chi connectivity index (χ0v) is 11.9. The van der Waals surface area contributed by atoms with E-state index in [1.807, 2.05) is 65.4 Å². The molecule has 3 aromatic rings. The van der Waals surface area contributed by atoms with Gasteiger partial charge in [-0.3, -0.25) is 0 Å². The van der Waals surface area contributed by atoms with Gasteiger partial charge in [-0.25, -0.2) is 4.98 Å². The van der Waals surface area contributed by atoms with E-state index < -0.39 is 0 Å². The van der Waals surface area contributed by atoms with Gasteiger partial charge in [-0.05, 0) is 31.2 Å². The van der Waals surface area contributed by atoms with Crippen LogP contribution >= 0.6 is 0 Å². The molecule has 2 aromatic carbocycles. The van der Waals surface area contributed by atoms with E-state index in [9.17, 15) is 0 Å². The highest BCUT2D eigenvalue weighted by molar-refractivity contribution is 5.56. The molecule has 0 spiro atoms. The third kappa shape index (κ3) is 3.23. The molecule has 4 nitrogen and oxygen atoms in total. The van der Waals surface area contributed by atoms with E-state index in [0.717, 1.165) is 29.7 Å². The number of aromatic nitrogens is 2. The summed E-state index contributed by atoms with van der Waals surface area (Å²) >= 11 is 0. The molecular formula is C17H17N3O. The van der Waals surface area contributed by atoms with Gasteiger partial charge in [0.25, 0.3) is 0 Å². The molecule has 0 saturated heterocycles. The number of hydrogen-bond acceptors (Lipinski definition) is 3. The van der Waals surface area contributed by atoms with Crippen LogP contribution in [0.2, 0.25) is 0 Å². The van der Waals surface area contributed by atoms with Crippen molar-refractivity contribution in [3.8, 4) is 11.5 Å². The molecule has 1 aromatic heterocycles. The summed E-state index contributed by atoms with van der Waals surface area (Å²) in [6.07, 6.45) is 3.74. The summed E-state index contributed by atoms with van der Waals surface area (Å²) in [5, 5.41) is 3.30. The molecule has 0 amide bonds. The molecule has 0 unspecified atom stereocenters. The fraction of sp³-hybridized carbons (Fsp3) is 0.118. The molecule has 4 heteroatoms. The van der Waals surface area contributed by atoms with Gasteiger partial charge in [0.15, 0.2) is 0 Å². The first-order valence-corrected chi connectivity index (χ1v) is 6.96. The molecular weight excluding hydrogens is 262 g/mol. The van der Waals surface area contributed by atoms with Gasteiger partial charge >= 0.3 is 0 Å². The Labute approximate surface area is 124 Å². The second-order valence-electron chi connectivity index (χ2n) is 4.60. The van der Waals surface area contributed by atoms with Crippen LogP contribution in [0.15, 0.2) is 67.0 Å². The van der Waals surface area contributed by atoms with Gasteiger partial charge in [0.2, 0.25) is 5.95 Å². The van der Waals surface area contributed by atoms with Gasteiger partial charge in [-0.1, -0.05) is 24.3 Å². The van der Waals surface area contributed by atoms with Crippen molar-refractivity contribution in [3.05, 3.63) is 67.0 Å². The quantitative estimate of drug-likeness (QED) is 0.750. The predicted molar refractivity (Wildman–Crippen MR) is 84.1 cm³/mol. The number of nitrogens with zero attached hydrogens (tertiary/aromatic N) is 2. The first-order chi connectivity index (χ1) is 10.3. The summed E-state index contributed by atoms with van der Waals surface area (Å²) in [6, 6.07) is 17.6. The van der Waals surface area contributed by atoms with E-state index in [2.05, 4.69) is 17.2 Å². The van der Waals surface area contributed by atoms with Gasteiger partial charge < -0.3 is 14.6 Å². The van der Waals surface area contributed by atoms with Crippen molar-refractivity contribution >= 4 is 11.6 Å². The number of rotatable bonds is 5. The lowest BCUT2D eigenvalue weighted by molar-refractivity contribution is 0.483.